The molecule has 2 aliphatic rings. The number of hydrogen-bond acceptors (Lipinski definition) is 4. The van der Waals surface area contributed by atoms with Gasteiger partial charge in [-0.15, -0.1) is 11.3 Å². The van der Waals surface area contributed by atoms with E-state index in [0.717, 1.165) is 22.6 Å². The third-order valence-corrected chi connectivity index (χ3v) is 5.42. The van der Waals surface area contributed by atoms with E-state index in [1.165, 1.54) is 5.56 Å². The Bertz CT molecular complexity index is 790. The number of rotatable bonds is 2. The van der Waals surface area contributed by atoms with Crippen LogP contribution in [0.25, 0.3) is 0 Å². The fourth-order valence-corrected chi connectivity index (χ4v) is 4.22. The molecule has 0 bridgehead atoms. The first-order valence-corrected chi connectivity index (χ1v) is 8.60. The summed E-state index contributed by atoms with van der Waals surface area (Å²) in [7, 11) is 0. The molecule has 2 aromatic rings. The lowest BCUT2D eigenvalue weighted by Gasteiger charge is -2.32. The summed E-state index contributed by atoms with van der Waals surface area (Å²) in [5, 5.41) is 2.02. The highest BCUT2D eigenvalue weighted by Gasteiger charge is 2.37. The Labute approximate surface area is 139 Å². The van der Waals surface area contributed by atoms with Gasteiger partial charge in [-0.2, -0.15) is 0 Å². The molecule has 0 amide bonds. The van der Waals surface area contributed by atoms with E-state index in [0.29, 0.717) is 12.3 Å². The molecule has 23 heavy (non-hydrogen) atoms. The summed E-state index contributed by atoms with van der Waals surface area (Å²) in [6.45, 7) is 0. The first-order chi connectivity index (χ1) is 11.2. The SMILES string of the molecule is NC1=CC(c2cccs2)C2=C(CC(c3ccccc3)CC2=O)O1. The highest BCUT2D eigenvalue weighted by atomic mass is 32.1. The number of carbonyl (C=O) groups is 1. The van der Waals surface area contributed by atoms with E-state index in [4.69, 9.17) is 10.5 Å². The number of nitrogens with two attached hydrogens (primary N) is 1. The van der Waals surface area contributed by atoms with Crippen molar-refractivity contribution in [1.29, 1.82) is 0 Å². The van der Waals surface area contributed by atoms with Gasteiger partial charge in [0, 0.05) is 29.2 Å². The van der Waals surface area contributed by atoms with Crippen LogP contribution in [0.4, 0.5) is 0 Å². The Kier molecular flexibility index (Phi) is 3.54. The van der Waals surface area contributed by atoms with Gasteiger partial charge in [0.1, 0.15) is 5.76 Å². The zero-order valence-electron chi connectivity index (χ0n) is 12.6. The molecular formula is C19H17NO2S. The minimum atomic E-state index is -0.0667. The van der Waals surface area contributed by atoms with Crippen molar-refractivity contribution in [3.05, 3.63) is 81.6 Å². The maximum Gasteiger partial charge on any atom is 0.187 e. The summed E-state index contributed by atoms with van der Waals surface area (Å²) in [6, 6.07) is 14.2. The fourth-order valence-electron chi connectivity index (χ4n) is 3.42. The summed E-state index contributed by atoms with van der Waals surface area (Å²) in [5.74, 6) is 1.40. The number of hydrogen-bond donors (Lipinski definition) is 1. The molecule has 0 fully saturated rings. The first kappa shape index (κ1) is 14.3. The minimum Gasteiger partial charge on any atom is -0.446 e. The standard InChI is InChI=1S/C19H17NO2S/c20-18-11-14(17-7-4-8-23-17)19-15(21)9-13(10-16(19)22-18)12-5-2-1-3-6-12/h1-8,11,13-14H,9-10,20H2. The van der Waals surface area contributed by atoms with E-state index in [9.17, 15) is 4.79 Å². The van der Waals surface area contributed by atoms with E-state index in [2.05, 4.69) is 12.1 Å². The molecule has 0 saturated heterocycles. The molecule has 4 heteroatoms. The molecule has 2 atom stereocenters. The van der Waals surface area contributed by atoms with Crippen LogP contribution < -0.4 is 5.73 Å². The molecule has 1 aliphatic heterocycles. The largest absolute Gasteiger partial charge is 0.446 e. The van der Waals surface area contributed by atoms with Crippen LogP contribution in [0.1, 0.15) is 35.1 Å². The fraction of sp³-hybridized carbons (Fsp3) is 0.211. The van der Waals surface area contributed by atoms with Crippen LogP contribution in [0.5, 0.6) is 0 Å². The van der Waals surface area contributed by atoms with Gasteiger partial charge in [0.15, 0.2) is 11.7 Å². The summed E-state index contributed by atoms with van der Waals surface area (Å²) < 4.78 is 5.74. The quantitative estimate of drug-likeness (QED) is 0.906. The van der Waals surface area contributed by atoms with Crippen molar-refractivity contribution in [2.24, 2.45) is 5.73 Å². The van der Waals surface area contributed by atoms with Crippen molar-refractivity contribution >= 4 is 17.1 Å². The number of thiophene rings is 1. The molecule has 0 spiro atoms. The monoisotopic (exact) mass is 323 g/mol. The molecule has 2 N–H and O–H groups in total. The average Bonchev–Trinajstić information content (AvgIpc) is 3.09. The van der Waals surface area contributed by atoms with Gasteiger partial charge in [-0.25, -0.2) is 0 Å². The number of ketones is 1. The van der Waals surface area contributed by atoms with Gasteiger partial charge < -0.3 is 10.5 Å². The van der Waals surface area contributed by atoms with Crippen LogP contribution >= 0.6 is 11.3 Å². The van der Waals surface area contributed by atoms with Gasteiger partial charge in [0.2, 0.25) is 0 Å². The van der Waals surface area contributed by atoms with E-state index in [-0.39, 0.29) is 17.6 Å². The molecule has 116 valence electrons. The molecule has 4 rings (SSSR count). The van der Waals surface area contributed by atoms with Crippen molar-refractivity contribution in [2.45, 2.75) is 24.7 Å². The molecule has 2 unspecified atom stereocenters. The van der Waals surface area contributed by atoms with Gasteiger partial charge in [-0.1, -0.05) is 36.4 Å². The molecule has 1 aliphatic carbocycles. The second-order valence-electron chi connectivity index (χ2n) is 5.94. The maximum absolute atomic E-state index is 12.8. The lowest BCUT2D eigenvalue weighted by atomic mass is 9.77. The van der Waals surface area contributed by atoms with Crippen molar-refractivity contribution in [1.82, 2.24) is 0 Å². The Morgan fingerprint density at radius 3 is 2.65 bits per heavy atom. The van der Waals surface area contributed by atoms with Crippen LogP contribution in [0, 0.1) is 0 Å². The lowest BCUT2D eigenvalue weighted by molar-refractivity contribution is -0.117. The maximum atomic E-state index is 12.8. The topological polar surface area (TPSA) is 52.3 Å². The van der Waals surface area contributed by atoms with Crippen molar-refractivity contribution in [3.63, 3.8) is 0 Å². The Morgan fingerprint density at radius 2 is 1.91 bits per heavy atom. The van der Waals surface area contributed by atoms with Crippen molar-refractivity contribution in [3.8, 4) is 0 Å². The minimum absolute atomic E-state index is 0.0667. The van der Waals surface area contributed by atoms with Gasteiger partial charge in [-0.3, -0.25) is 4.79 Å². The van der Waals surface area contributed by atoms with Crippen LogP contribution in [0.3, 0.4) is 0 Å². The number of allylic oxidation sites excluding steroid dienone is 3. The normalized spacial score (nSPS) is 24.0. The van der Waals surface area contributed by atoms with Crippen LogP contribution in [-0.4, -0.2) is 5.78 Å². The van der Waals surface area contributed by atoms with E-state index in [1.54, 1.807) is 11.3 Å². The van der Waals surface area contributed by atoms with Crippen molar-refractivity contribution < 1.29 is 9.53 Å². The zero-order chi connectivity index (χ0) is 15.8. The highest BCUT2D eigenvalue weighted by Crippen LogP contribution is 2.44. The summed E-state index contributed by atoms with van der Waals surface area (Å²) in [5.41, 5.74) is 7.93. The van der Waals surface area contributed by atoms with E-state index in [1.807, 2.05) is 41.8 Å². The number of benzene rings is 1. The third kappa shape index (κ3) is 2.59. The average molecular weight is 323 g/mol. The van der Waals surface area contributed by atoms with Crippen LogP contribution in [-0.2, 0) is 9.53 Å². The molecule has 0 saturated carbocycles. The summed E-state index contributed by atoms with van der Waals surface area (Å²) in [6.07, 6.45) is 3.11. The number of Topliss-reactive ketones (excluding diaryl/α,β-unsaturated/α-hetero) is 1. The van der Waals surface area contributed by atoms with Gasteiger partial charge in [-0.05, 0) is 29.0 Å². The Morgan fingerprint density at radius 1 is 1.09 bits per heavy atom. The molecular weight excluding hydrogens is 306 g/mol. The van der Waals surface area contributed by atoms with Crippen LogP contribution in [0.2, 0.25) is 0 Å². The Hall–Kier alpha value is -2.33. The van der Waals surface area contributed by atoms with Gasteiger partial charge in [0.25, 0.3) is 0 Å². The highest BCUT2D eigenvalue weighted by molar-refractivity contribution is 7.10. The molecule has 1 aromatic heterocycles. The number of carbonyl (C=O) groups excluding carboxylic acids is 1. The summed E-state index contributed by atoms with van der Waals surface area (Å²) >= 11 is 1.64. The lowest BCUT2D eigenvalue weighted by Crippen LogP contribution is -2.27. The van der Waals surface area contributed by atoms with E-state index >= 15 is 0 Å². The molecule has 1 aromatic carbocycles. The first-order valence-electron chi connectivity index (χ1n) is 7.72. The number of ether oxygens (including phenoxy) is 1. The third-order valence-electron chi connectivity index (χ3n) is 4.47. The zero-order valence-corrected chi connectivity index (χ0v) is 13.4. The summed E-state index contributed by atoms with van der Waals surface area (Å²) in [4.78, 5) is 14.0. The molecule has 3 nitrogen and oxygen atoms in total. The van der Waals surface area contributed by atoms with Gasteiger partial charge >= 0.3 is 0 Å². The second-order valence-corrected chi connectivity index (χ2v) is 6.92. The van der Waals surface area contributed by atoms with Gasteiger partial charge in [0.05, 0.1) is 0 Å². The van der Waals surface area contributed by atoms with E-state index < -0.39 is 0 Å². The van der Waals surface area contributed by atoms with Crippen LogP contribution in [0.15, 0.2) is 71.1 Å². The predicted octanol–water partition coefficient (Wildman–Crippen LogP) is 4.06. The molecule has 2 heterocycles. The Balaban J connectivity index is 1.72. The molecule has 0 radical (unpaired) electrons. The predicted molar refractivity (Wildman–Crippen MR) is 90.9 cm³/mol. The van der Waals surface area contributed by atoms with Crippen molar-refractivity contribution in [2.75, 3.05) is 0 Å². The second kappa shape index (κ2) is 5.70. The smallest absolute Gasteiger partial charge is 0.187 e.